The molecule has 3 rings (SSSR count). The topological polar surface area (TPSA) is 68.3 Å². The summed E-state index contributed by atoms with van der Waals surface area (Å²) < 4.78 is 53.5. The summed E-state index contributed by atoms with van der Waals surface area (Å²) in [5.74, 6) is -0.592. The van der Waals surface area contributed by atoms with Gasteiger partial charge in [-0.15, -0.1) is 0 Å². The third-order valence-corrected chi connectivity index (χ3v) is 11.4. The molecule has 1 aliphatic rings. The molecule has 0 bridgehead atoms. The fourth-order valence-corrected chi connectivity index (χ4v) is 9.40. The molecule has 1 aliphatic carbocycles. The van der Waals surface area contributed by atoms with Gasteiger partial charge in [0.15, 0.2) is 24.3 Å². The molecular weight excluding hydrogens is 440 g/mol. The highest BCUT2D eigenvalue weighted by molar-refractivity contribution is 8.09. The molecular formula is C26H34O4S2. The minimum Gasteiger partial charge on any atom is -0.222 e. The standard InChI is InChI=1S/C26H34O4S2/c27-31(28,24-19-13-9-14-20-24)26(32(29,30)25-21-15-10-16-22-25)23-17-11-7-5-3-1-2-4-6-8-12-18-23/h9-11,13-17,19-23,26H,1-8,12,18H2/b17-11-. The molecule has 0 aliphatic heterocycles. The zero-order chi connectivity index (χ0) is 22.9. The predicted octanol–water partition coefficient (Wildman–Crippen LogP) is 6.35. The summed E-state index contributed by atoms with van der Waals surface area (Å²) >= 11 is 0. The zero-order valence-electron chi connectivity index (χ0n) is 18.6. The number of hydrogen-bond donors (Lipinski definition) is 0. The highest BCUT2D eigenvalue weighted by Crippen LogP contribution is 2.34. The van der Waals surface area contributed by atoms with E-state index in [4.69, 9.17) is 0 Å². The molecule has 1 unspecified atom stereocenters. The molecule has 0 radical (unpaired) electrons. The van der Waals surface area contributed by atoms with Gasteiger partial charge >= 0.3 is 0 Å². The van der Waals surface area contributed by atoms with Crippen LogP contribution in [0.4, 0.5) is 0 Å². The molecule has 2 aromatic rings. The molecule has 174 valence electrons. The summed E-state index contributed by atoms with van der Waals surface area (Å²) in [5.41, 5.74) is 0. The average molecular weight is 475 g/mol. The zero-order valence-corrected chi connectivity index (χ0v) is 20.2. The first kappa shape index (κ1) is 24.7. The second-order valence-electron chi connectivity index (χ2n) is 8.58. The van der Waals surface area contributed by atoms with E-state index in [2.05, 4.69) is 0 Å². The lowest BCUT2D eigenvalue weighted by molar-refractivity contribution is 0.504. The molecule has 0 heterocycles. The Morgan fingerprint density at radius 2 is 1.03 bits per heavy atom. The summed E-state index contributed by atoms with van der Waals surface area (Å²) in [5, 5.41) is 0. The first-order valence-corrected chi connectivity index (χ1v) is 14.8. The van der Waals surface area contributed by atoms with Crippen molar-refractivity contribution >= 4 is 19.7 Å². The van der Waals surface area contributed by atoms with E-state index < -0.39 is 30.2 Å². The molecule has 6 heteroatoms. The molecule has 1 atom stereocenters. The lowest BCUT2D eigenvalue weighted by Crippen LogP contribution is -2.37. The number of sulfone groups is 2. The van der Waals surface area contributed by atoms with Crippen LogP contribution in [0.25, 0.3) is 0 Å². The molecule has 0 spiro atoms. The third kappa shape index (κ3) is 6.32. The summed E-state index contributed by atoms with van der Waals surface area (Å²) in [4.78, 5) is 0.113. The minimum absolute atomic E-state index is 0.0563. The van der Waals surface area contributed by atoms with Gasteiger partial charge in [-0.25, -0.2) is 16.8 Å². The Labute approximate surface area is 193 Å². The van der Waals surface area contributed by atoms with E-state index in [1.807, 2.05) is 12.2 Å². The predicted molar refractivity (Wildman–Crippen MR) is 130 cm³/mol. The third-order valence-electron chi connectivity index (χ3n) is 6.15. The normalized spacial score (nSPS) is 20.6. The largest absolute Gasteiger partial charge is 0.222 e. The molecule has 2 aromatic carbocycles. The molecule has 0 saturated heterocycles. The van der Waals surface area contributed by atoms with E-state index in [1.54, 1.807) is 36.4 Å². The van der Waals surface area contributed by atoms with Gasteiger partial charge in [0.25, 0.3) is 0 Å². The molecule has 0 N–H and O–H groups in total. The van der Waals surface area contributed by atoms with Crippen LogP contribution in [0.1, 0.15) is 64.2 Å². The lowest BCUT2D eigenvalue weighted by Gasteiger charge is -2.25. The van der Waals surface area contributed by atoms with Crippen LogP contribution in [-0.4, -0.2) is 21.4 Å². The van der Waals surface area contributed by atoms with Crippen molar-refractivity contribution in [3.05, 3.63) is 72.8 Å². The van der Waals surface area contributed by atoms with Gasteiger partial charge in [-0.05, 0) is 43.5 Å². The van der Waals surface area contributed by atoms with Crippen LogP contribution in [0.2, 0.25) is 0 Å². The smallest absolute Gasteiger partial charge is 0.196 e. The van der Waals surface area contributed by atoms with Crippen molar-refractivity contribution < 1.29 is 16.8 Å². The quantitative estimate of drug-likeness (QED) is 0.474. The Balaban J connectivity index is 2.06. The molecule has 32 heavy (non-hydrogen) atoms. The van der Waals surface area contributed by atoms with Gasteiger partial charge < -0.3 is 0 Å². The molecule has 0 aromatic heterocycles. The maximum atomic E-state index is 13.8. The summed E-state index contributed by atoms with van der Waals surface area (Å²) in [6, 6.07) is 16.0. The van der Waals surface area contributed by atoms with Crippen molar-refractivity contribution in [3.63, 3.8) is 0 Å². The SMILES string of the molecule is O=S(=O)(c1ccccc1)C(C1/C=C\CCCCCCCCCC1)S(=O)(=O)c1ccccc1. The highest BCUT2D eigenvalue weighted by Gasteiger charge is 2.44. The average Bonchev–Trinajstić information content (AvgIpc) is 2.82. The Morgan fingerprint density at radius 1 is 0.594 bits per heavy atom. The molecule has 0 fully saturated rings. The van der Waals surface area contributed by atoms with Crippen molar-refractivity contribution in [2.45, 2.75) is 78.6 Å². The molecule has 0 amide bonds. The second-order valence-corrected chi connectivity index (χ2v) is 13.0. The van der Waals surface area contributed by atoms with E-state index >= 15 is 0 Å². The van der Waals surface area contributed by atoms with Gasteiger partial charge in [0, 0.05) is 5.92 Å². The maximum Gasteiger partial charge on any atom is 0.196 e. The summed E-state index contributed by atoms with van der Waals surface area (Å²) in [6.07, 6.45) is 14.0. The highest BCUT2D eigenvalue weighted by atomic mass is 32.3. The van der Waals surface area contributed by atoms with Crippen molar-refractivity contribution in [2.75, 3.05) is 0 Å². The fraction of sp³-hybridized carbons (Fsp3) is 0.462. The number of rotatable bonds is 5. The Morgan fingerprint density at radius 3 is 1.53 bits per heavy atom. The van der Waals surface area contributed by atoms with Crippen molar-refractivity contribution in [1.82, 2.24) is 0 Å². The van der Waals surface area contributed by atoms with Crippen LogP contribution in [0.3, 0.4) is 0 Å². The molecule has 4 nitrogen and oxygen atoms in total. The van der Waals surface area contributed by atoms with Gasteiger partial charge in [-0.3, -0.25) is 0 Å². The van der Waals surface area contributed by atoms with Gasteiger partial charge in [0.2, 0.25) is 0 Å². The Bertz CT molecular complexity index is 990. The Hall–Kier alpha value is -1.92. The molecule has 0 saturated carbocycles. The maximum absolute atomic E-state index is 13.8. The van der Waals surface area contributed by atoms with E-state index in [9.17, 15) is 16.8 Å². The van der Waals surface area contributed by atoms with E-state index in [0.717, 1.165) is 38.5 Å². The number of allylic oxidation sites excluding steroid dienone is 2. The van der Waals surface area contributed by atoms with Crippen LogP contribution in [0.15, 0.2) is 82.6 Å². The van der Waals surface area contributed by atoms with Crippen LogP contribution in [0, 0.1) is 5.92 Å². The number of hydrogen-bond acceptors (Lipinski definition) is 4. The van der Waals surface area contributed by atoms with E-state index in [-0.39, 0.29) is 9.79 Å². The van der Waals surface area contributed by atoms with Crippen LogP contribution < -0.4 is 0 Å². The summed E-state index contributed by atoms with van der Waals surface area (Å²) in [7, 11) is -8.24. The minimum atomic E-state index is -4.12. The number of benzene rings is 2. The van der Waals surface area contributed by atoms with Gasteiger partial charge in [0.1, 0.15) is 0 Å². The fourth-order valence-electron chi connectivity index (χ4n) is 4.41. The first-order chi connectivity index (χ1) is 15.4. The van der Waals surface area contributed by atoms with Crippen LogP contribution in [0.5, 0.6) is 0 Å². The monoisotopic (exact) mass is 474 g/mol. The Kier molecular flexibility index (Phi) is 9.11. The van der Waals surface area contributed by atoms with Gasteiger partial charge in [0.05, 0.1) is 9.79 Å². The summed E-state index contributed by atoms with van der Waals surface area (Å²) in [6.45, 7) is 0. The van der Waals surface area contributed by atoms with Crippen molar-refractivity contribution in [3.8, 4) is 0 Å². The van der Waals surface area contributed by atoms with Crippen LogP contribution in [-0.2, 0) is 19.7 Å². The second kappa shape index (κ2) is 11.8. The van der Waals surface area contributed by atoms with E-state index in [1.165, 1.54) is 43.5 Å². The van der Waals surface area contributed by atoms with Gasteiger partial charge in [-0.1, -0.05) is 93.5 Å². The van der Waals surface area contributed by atoms with Crippen molar-refractivity contribution in [1.29, 1.82) is 0 Å². The van der Waals surface area contributed by atoms with E-state index in [0.29, 0.717) is 6.42 Å². The van der Waals surface area contributed by atoms with Gasteiger partial charge in [-0.2, -0.15) is 0 Å². The van der Waals surface area contributed by atoms with Crippen molar-refractivity contribution in [2.24, 2.45) is 5.92 Å². The van der Waals surface area contributed by atoms with Crippen LogP contribution >= 0.6 is 0 Å². The first-order valence-electron chi connectivity index (χ1n) is 11.7. The lowest BCUT2D eigenvalue weighted by atomic mass is 10.0.